The number of rotatable bonds is 4. The van der Waals surface area contributed by atoms with Crippen LogP contribution in [0.2, 0.25) is 0 Å². The lowest BCUT2D eigenvalue weighted by Crippen LogP contribution is -2.41. The van der Waals surface area contributed by atoms with Crippen LogP contribution in [-0.4, -0.2) is 41.1 Å². The van der Waals surface area contributed by atoms with Crippen LogP contribution in [0.1, 0.15) is 25.7 Å². The first-order valence-electron chi connectivity index (χ1n) is 9.45. The number of carbonyl (C=O) groups is 1. The van der Waals surface area contributed by atoms with Gasteiger partial charge in [0, 0.05) is 17.9 Å². The molecule has 28 heavy (non-hydrogen) atoms. The summed E-state index contributed by atoms with van der Waals surface area (Å²) in [5.41, 5.74) is 0.451. The first-order valence-corrected chi connectivity index (χ1v) is 11.2. The fourth-order valence-corrected chi connectivity index (χ4v) is 5.20. The van der Waals surface area contributed by atoms with Gasteiger partial charge in [0.2, 0.25) is 5.91 Å². The molecule has 1 aliphatic heterocycles. The van der Waals surface area contributed by atoms with Crippen molar-refractivity contribution in [3.8, 4) is 0 Å². The monoisotopic (exact) mass is 402 g/mol. The quantitative estimate of drug-likeness (QED) is 0.818. The molecule has 1 N–H and O–H groups in total. The van der Waals surface area contributed by atoms with Crippen molar-refractivity contribution in [1.29, 1.82) is 0 Å². The zero-order valence-corrected chi connectivity index (χ0v) is 16.1. The van der Waals surface area contributed by atoms with Gasteiger partial charge in [0.25, 0.3) is 5.56 Å². The molecule has 1 aromatic heterocycles. The van der Waals surface area contributed by atoms with Crippen LogP contribution in [0.25, 0.3) is 10.9 Å². The molecule has 1 atom stereocenters. The Labute approximate surface area is 162 Å². The number of fused-ring (bicyclic) bond motifs is 1. The molecule has 0 radical (unpaired) electrons. The molecule has 148 valence electrons. The largest absolute Gasteiger partial charge is 0.349 e. The Hall–Kier alpha value is -2.55. The minimum absolute atomic E-state index is 0.0579. The van der Waals surface area contributed by atoms with Gasteiger partial charge in [-0.1, -0.05) is 17.3 Å². The standard InChI is InChI=1S/C19H22N4O4S/c24-18(20-15-9-10-28(26,27)12-15)14-7-5-13(6-8-14)11-23-19(25)16-3-1-2-4-17(16)21-22-23/h1-4,9-10,13-15H,5-8,11-12H2,(H,20,24). The molecule has 1 aromatic carbocycles. The van der Waals surface area contributed by atoms with E-state index in [1.165, 1.54) is 10.8 Å². The predicted octanol–water partition coefficient (Wildman–Crippen LogP) is 1.02. The molecule has 0 spiro atoms. The van der Waals surface area contributed by atoms with Gasteiger partial charge in [-0.3, -0.25) is 9.59 Å². The van der Waals surface area contributed by atoms with Crippen molar-refractivity contribution < 1.29 is 13.2 Å². The molecule has 0 saturated heterocycles. The normalized spacial score (nSPS) is 26.4. The van der Waals surface area contributed by atoms with Gasteiger partial charge in [0.1, 0.15) is 5.52 Å². The smallest absolute Gasteiger partial charge is 0.277 e. The third-order valence-electron chi connectivity index (χ3n) is 5.54. The Kier molecular flexibility index (Phi) is 5.01. The maximum Gasteiger partial charge on any atom is 0.277 e. The summed E-state index contributed by atoms with van der Waals surface area (Å²) in [6.45, 7) is 0.495. The molecule has 4 rings (SSSR count). The zero-order chi connectivity index (χ0) is 19.7. The van der Waals surface area contributed by atoms with Crippen LogP contribution in [-0.2, 0) is 21.2 Å². The van der Waals surface area contributed by atoms with Crippen molar-refractivity contribution >= 4 is 26.6 Å². The summed E-state index contributed by atoms with van der Waals surface area (Å²) in [5, 5.41) is 12.7. The SMILES string of the molecule is O=C(NC1C=CS(=O)(=O)C1)C1CCC(Cn2nnc3ccccc3c2=O)CC1. The van der Waals surface area contributed by atoms with Gasteiger partial charge >= 0.3 is 0 Å². The average Bonchev–Trinajstić information content (AvgIpc) is 3.03. The highest BCUT2D eigenvalue weighted by molar-refractivity contribution is 7.94. The molecular weight excluding hydrogens is 380 g/mol. The zero-order valence-electron chi connectivity index (χ0n) is 15.3. The Balaban J connectivity index is 1.33. The first kappa shape index (κ1) is 18.8. The van der Waals surface area contributed by atoms with Gasteiger partial charge in [-0.05, 0) is 49.8 Å². The van der Waals surface area contributed by atoms with E-state index in [4.69, 9.17) is 0 Å². The second-order valence-corrected chi connectivity index (χ2v) is 9.52. The van der Waals surface area contributed by atoms with E-state index in [2.05, 4.69) is 15.6 Å². The fourth-order valence-electron chi connectivity index (χ4n) is 3.96. The van der Waals surface area contributed by atoms with E-state index in [0.29, 0.717) is 17.4 Å². The van der Waals surface area contributed by atoms with Crippen LogP contribution in [0.5, 0.6) is 0 Å². The molecule has 9 heteroatoms. The summed E-state index contributed by atoms with van der Waals surface area (Å²) in [7, 11) is -3.18. The molecule has 8 nitrogen and oxygen atoms in total. The van der Waals surface area contributed by atoms with E-state index in [1.54, 1.807) is 12.1 Å². The van der Waals surface area contributed by atoms with Gasteiger partial charge < -0.3 is 5.32 Å². The minimum atomic E-state index is -3.18. The van der Waals surface area contributed by atoms with Crippen molar-refractivity contribution in [3.63, 3.8) is 0 Å². The minimum Gasteiger partial charge on any atom is -0.349 e. The fraction of sp³-hybridized carbons (Fsp3) is 0.474. The third-order valence-corrected chi connectivity index (χ3v) is 6.93. The molecule has 2 heterocycles. The Bertz CT molecular complexity index is 1080. The maximum atomic E-state index is 12.6. The highest BCUT2D eigenvalue weighted by Crippen LogP contribution is 2.30. The van der Waals surface area contributed by atoms with E-state index in [9.17, 15) is 18.0 Å². The van der Waals surface area contributed by atoms with Gasteiger partial charge in [-0.25, -0.2) is 13.1 Å². The van der Waals surface area contributed by atoms with E-state index >= 15 is 0 Å². The van der Waals surface area contributed by atoms with E-state index in [-0.39, 0.29) is 29.1 Å². The highest BCUT2D eigenvalue weighted by Gasteiger charge is 2.30. The molecule has 1 saturated carbocycles. The van der Waals surface area contributed by atoms with Crippen LogP contribution in [0.3, 0.4) is 0 Å². The van der Waals surface area contributed by atoms with Crippen molar-refractivity contribution in [2.75, 3.05) is 5.75 Å². The number of hydrogen-bond donors (Lipinski definition) is 1. The van der Waals surface area contributed by atoms with Crippen LogP contribution in [0, 0.1) is 11.8 Å². The number of amides is 1. The van der Waals surface area contributed by atoms with Crippen LogP contribution >= 0.6 is 0 Å². The van der Waals surface area contributed by atoms with Crippen molar-refractivity contribution in [3.05, 3.63) is 46.1 Å². The van der Waals surface area contributed by atoms with E-state index in [0.717, 1.165) is 31.1 Å². The van der Waals surface area contributed by atoms with Crippen molar-refractivity contribution in [1.82, 2.24) is 20.3 Å². The van der Waals surface area contributed by atoms with Gasteiger partial charge in [0.05, 0.1) is 17.2 Å². The van der Waals surface area contributed by atoms with Crippen LogP contribution in [0.15, 0.2) is 40.5 Å². The van der Waals surface area contributed by atoms with Gasteiger partial charge in [-0.15, -0.1) is 5.10 Å². The second kappa shape index (κ2) is 7.46. The highest BCUT2D eigenvalue weighted by atomic mass is 32.2. The molecule has 1 fully saturated rings. The molecular formula is C19H22N4O4S. The predicted molar refractivity (Wildman–Crippen MR) is 104 cm³/mol. The summed E-state index contributed by atoms with van der Waals surface area (Å²) in [6, 6.07) is 6.72. The van der Waals surface area contributed by atoms with Crippen molar-refractivity contribution in [2.45, 2.75) is 38.3 Å². The number of hydrogen-bond acceptors (Lipinski definition) is 6. The number of benzene rings is 1. The van der Waals surface area contributed by atoms with Crippen LogP contribution in [0.4, 0.5) is 0 Å². The lowest BCUT2D eigenvalue weighted by atomic mass is 9.81. The number of nitrogens with zero attached hydrogens (tertiary/aromatic N) is 3. The van der Waals surface area contributed by atoms with Crippen molar-refractivity contribution in [2.24, 2.45) is 11.8 Å². The molecule has 2 aliphatic rings. The Morgan fingerprint density at radius 1 is 1.18 bits per heavy atom. The summed E-state index contributed by atoms with van der Waals surface area (Å²) in [5.74, 6) is 0.00154. The average molecular weight is 402 g/mol. The summed E-state index contributed by atoms with van der Waals surface area (Å²) >= 11 is 0. The second-order valence-electron chi connectivity index (χ2n) is 7.58. The van der Waals surface area contributed by atoms with Crippen LogP contribution < -0.4 is 10.9 Å². The summed E-state index contributed by atoms with van der Waals surface area (Å²) in [6.07, 6.45) is 4.60. The summed E-state index contributed by atoms with van der Waals surface area (Å²) in [4.78, 5) is 25.0. The Morgan fingerprint density at radius 3 is 2.64 bits per heavy atom. The summed E-state index contributed by atoms with van der Waals surface area (Å²) < 4.78 is 24.3. The molecule has 0 bridgehead atoms. The lowest BCUT2D eigenvalue weighted by Gasteiger charge is -2.28. The lowest BCUT2D eigenvalue weighted by molar-refractivity contribution is -0.126. The molecule has 1 unspecified atom stereocenters. The molecule has 1 amide bonds. The number of nitrogens with one attached hydrogen (secondary N) is 1. The molecule has 1 aliphatic carbocycles. The number of carbonyl (C=O) groups excluding carboxylic acids is 1. The topological polar surface area (TPSA) is 111 Å². The third kappa shape index (κ3) is 3.99. The number of aromatic nitrogens is 3. The Morgan fingerprint density at radius 2 is 1.93 bits per heavy atom. The first-order chi connectivity index (χ1) is 13.4. The van der Waals surface area contributed by atoms with E-state index < -0.39 is 15.9 Å². The van der Waals surface area contributed by atoms with E-state index in [1.807, 2.05) is 12.1 Å². The van der Waals surface area contributed by atoms with Gasteiger partial charge in [0.15, 0.2) is 9.84 Å². The van der Waals surface area contributed by atoms with Gasteiger partial charge in [-0.2, -0.15) is 0 Å². The molecule has 2 aromatic rings. The maximum absolute atomic E-state index is 12.6. The number of sulfone groups is 1.